The summed E-state index contributed by atoms with van der Waals surface area (Å²) in [6.07, 6.45) is 0. The maximum Gasteiger partial charge on any atom is 0.356 e. The third-order valence-electron chi connectivity index (χ3n) is 3.08. The smallest absolute Gasteiger partial charge is 0.356 e. The van der Waals surface area contributed by atoms with Gasteiger partial charge in [0.15, 0.2) is 0 Å². The first kappa shape index (κ1) is 18.2. The van der Waals surface area contributed by atoms with Crippen molar-refractivity contribution in [3.8, 4) is 11.3 Å². The van der Waals surface area contributed by atoms with E-state index < -0.39 is 12.0 Å². The van der Waals surface area contributed by atoms with Crippen LogP contribution in [0.25, 0.3) is 11.3 Å². The summed E-state index contributed by atoms with van der Waals surface area (Å²) in [6.45, 7) is 2.25. The number of amides is 2. The Balaban J connectivity index is 2.30. The number of benzene rings is 1. The zero-order chi connectivity index (χ0) is 17.5. The van der Waals surface area contributed by atoms with Gasteiger partial charge in [-0.05, 0) is 30.7 Å². The largest absolute Gasteiger partial charge is 0.461 e. The highest BCUT2D eigenvalue weighted by Crippen LogP contribution is 2.27. The molecule has 1 heterocycles. The molecule has 3 N–H and O–H groups in total. The lowest BCUT2D eigenvalue weighted by Crippen LogP contribution is -2.30. The van der Waals surface area contributed by atoms with E-state index in [0.29, 0.717) is 28.8 Å². The van der Waals surface area contributed by atoms with Crippen molar-refractivity contribution in [1.29, 1.82) is 0 Å². The Morgan fingerprint density at radius 3 is 2.58 bits per heavy atom. The van der Waals surface area contributed by atoms with Gasteiger partial charge in [0.2, 0.25) is 0 Å². The van der Waals surface area contributed by atoms with Crippen LogP contribution in [0.15, 0.2) is 30.3 Å². The second kappa shape index (κ2) is 8.61. The van der Waals surface area contributed by atoms with Crippen molar-refractivity contribution in [2.45, 2.75) is 6.92 Å². The number of alkyl halides is 1. The molecule has 6 nitrogen and oxygen atoms in total. The van der Waals surface area contributed by atoms with Gasteiger partial charge in [-0.1, -0.05) is 23.7 Å². The van der Waals surface area contributed by atoms with Crippen LogP contribution in [0.3, 0.4) is 0 Å². The number of hydrogen-bond donors (Lipinski definition) is 3. The Bertz CT molecular complexity index is 714. The van der Waals surface area contributed by atoms with Gasteiger partial charge in [-0.15, -0.1) is 11.6 Å². The summed E-state index contributed by atoms with van der Waals surface area (Å²) in [6, 6.07) is 8.30. The molecular weight excluding hydrogens is 353 g/mol. The van der Waals surface area contributed by atoms with E-state index in [2.05, 4.69) is 15.6 Å². The molecule has 2 amide bonds. The number of nitrogens with one attached hydrogen (secondary N) is 3. The number of esters is 1. The van der Waals surface area contributed by atoms with Gasteiger partial charge in [0.1, 0.15) is 5.69 Å². The molecule has 0 bridgehead atoms. The molecule has 0 aliphatic rings. The van der Waals surface area contributed by atoms with Crippen LogP contribution in [0.5, 0.6) is 0 Å². The number of ether oxygens (including phenoxy) is 1. The van der Waals surface area contributed by atoms with Gasteiger partial charge in [0.25, 0.3) is 0 Å². The van der Waals surface area contributed by atoms with Gasteiger partial charge in [0, 0.05) is 23.1 Å². The van der Waals surface area contributed by atoms with Crippen molar-refractivity contribution in [2.75, 3.05) is 24.3 Å². The fourth-order valence-electron chi connectivity index (χ4n) is 2.03. The molecule has 0 saturated heterocycles. The van der Waals surface area contributed by atoms with Gasteiger partial charge in [-0.25, -0.2) is 9.59 Å². The molecule has 0 atom stereocenters. The summed E-state index contributed by atoms with van der Waals surface area (Å²) in [5.41, 5.74) is 1.97. The molecule has 128 valence electrons. The summed E-state index contributed by atoms with van der Waals surface area (Å²) in [5.74, 6) is -0.258. The molecule has 0 aliphatic carbocycles. The Hall–Kier alpha value is -2.18. The normalized spacial score (nSPS) is 10.3. The number of hydrogen-bond acceptors (Lipinski definition) is 3. The molecule has 0 aliphatic heterocycles. The standard InChI is InChI=1S/C16H17Cl2N3O3/c1-2-24-15(22)14-13(21-16(23)19-8-7-17)9-12(20-14)10-3-5-11(18)6-4-10/h3-6,9,20H,2,7-8H2,1H3,(H2,19,21,23). The first-order valence-corrected chi connectivity index (χ1v) is 8.23. The zero-order valence-electron chi connectivity index (χ0n) is 13.0. The molecule has 0 fully saturated rings. The highest BCUT2D eigenvalue weighted by molar-refractivity contribution is 6.30. The van der Waals surface area contributed by atoms with Crippen LogP contribution < -0.4 is 10.6 Å². The lowest BCUT2D eigenvalue weighted by molar-refractivity contribution is 0.0521. The van der Waals surface area contributed by atoms with Crippen LogP contribution in [-0.2, 0) is 4.74 Å². The average molecular weight is 370 g/mol. The number of carbonyl (C=O) groups excluding carboxylic acids is 2. The Kier molecular flexibility index (Phi) is 6.52. The molecule has 8 heteroatoms. The van der Waals surface area contributed by atoms with Crippen LogP contribution in [-0.4, -0.2) is 36.0 Å². The third kappa shape index (κ3) is 4.66. The lowest BCUT2D eigenvalue weighted by Gasteiger charge is -2.06. The van der Waals surface area contributed by atoms with Gasteiger partial charge in [-0.2, -0.15) is 0 Å². The topological polar surface area (TPSA) is 83.2 Å². The number of carbonyl (C=O) groups is 2. The third-order valence-corrected chi connectivity index (χ3v) is 3.52. The highest BCUT2D eigenvalue weighted by Gasteiger charge is 2.19. The van der Waals surface area contributed by atoms with E-state index in [4.69, 9.17) is 27.9 Å². The monoisotopic (exact) mass is 369 g/mol. The Labute approximate surface area is 149 Å². The fourth-order valence-corrected chi connectivity index (χ4v) is 2.25. The van der Waals surface area contributed by atoms with E-state index in [9.17, 15) is 9.59 Å². The summed E-state index contributed by atoms with van der Waals surface area (Å²) in [5, 5.41) is 5.80. The molecule has 2 aromatic rings. The predicted octanol–water partition coefficient (Wildman–Crippen LogP) is 3.87. The Morgan fingerprint density at radius 1 is 1.25 bits per heavy atom. The number of aromatic nitrogens is 1. The maximum absolute atomic E-state index is 12.1. The first-order valence-electron chi connectivity index (χ1n) is 7.32. The predicted molar refractivity (Wildman–Crippen MR) is 94.9 cm³/mol. The minimum absolute atomic E-state index is 0.169. The number of aromatic amines is 1. The molecule has 2 rings (SSSR count). The van der Waals surface area contributed by atoms with Gasteiger partial charge in [0.05, 0.1) is 12.3 Å². The Morgan fingerprint density at radius 2 is 1.96 bits per heavy atom. The van der Waals surface area contributed by atoms with Gasteiger partial charge >= 0.3 is 12.0 Å². The summed E-state index contributed by atoms with van der Waals surface area (Å²) in [7, 11) is 0. The van der Waals surface area contributed by atoms with Crippen molar-refractivity contribution in [3.05, 3.63) is 41.0 Å². The molecule has 0 radical (unpaired) electrons. The number of urea groups is 1. The highest BCUT2D eigenvalue weighted by atomic mass is 35.5. The van der Waals surface area contributed by atoms with Crippen LogP contribution in [0.2, 0.25) is 5.02 Å². The van der Waals surface area contributed by atoms with E-state index in [-0.39, 0.29) is 12.3 Å². The van der Waals surface area contributed by atoms with Crippen molar-refractivity contribution in [3.63, 3.8) is 0 Å². The zero-order valence-corrected chi connectivity index (χ0v) is 14.5. The van der Waals surface area contributed by atoms with Crippen LogP contribution in [0.4, 0.5) is 10.5 Å². The molecule has 0 unspecified atom stereocenters. The molecule has 0 saturated carbocycles. The van der Waals surface area contributed by atoms with Crippen LogP contribution in [0, 0.1) is 0 Å². The quantitative estimate of drug-likeness (QED) is 0.533. The number of H-pyrrole nitrogens is 1. The van der Waals surface area contributed by atoms with Crippen molar-refractivity contribution >= 4 is 40.9 Å². The van der Waals surface area contributed by atoms with Crippen LogP contribution >= 0.6 is 23.2 Å². The van der Waals surface area contributed by atoms with Crippen molar-refractivity contribution < 1.29 is 14.3 Å². The van der Waals surface area contributed by atoms with E-state index in [1.807, 2.05) is 0 Å². The SMILES string of the molecule is CCOC(=O)c1[nH]c(-c2ccc(Cl)cc2)cc1NC(=O)NCCCl. The summed E-state index contributed by atoms with van der Waals surface area (Å²) in [4.78, 5) is 26.9. The molecular formula is C16H17Cl2N3O3. The van der Waals surface area contributed by atoms with E-state index in [1.54, 1.807) is 37.3 Å². The number of halogens is 2. The minimum atomic E-state index is -0.551. The minimum Gasteiger partial charge on any atom is -0.461 e. The van der Waals surface area contributed by atoms with E-state index in [1.165, 1.54) is 0 Å². The maximum atomic E-state index is 12.1. The van der Waals surface area contributed by atoms with Gasteiger partial charge in [-0.3, -0.25) is 0 Å². The van der Waals surface area contributed by atoms with Crippen LogP contribution in [0.1, 0.15) is 17.4 Å². The van der Waals surface area contributed by atoms with E-state index >= 15 is 0 Å². The van der Waals surface area contributed by atoms with Gasteiger partial charge < -0.3 is 20.4 Å². The molecule has 1 aromatic heterocycles. The van der Waals surface area contributed by atoms with E-state index in [0.717, 1.165) is 5.56 Å². The second-order valence-corrected chi connectivity index (χ2v) is 5.58. The van der Waals surface area contributed by atoms with Crippen molar-refractivity contribution in [2.24, 2.45) is 0 Å². The molecule has 24 heavy (non-hydrogen) atoms. The number of rotatable bonds is 6. The summed E-state index contributed by atoms with van der Waals surface area (Å²) >= 11 is 11.4. The second-order valence-electron chi connectivity index (χ2n) is 4.77. The first-order chi connectivity index (χ1) is 11.5. The average Bonchev–Trinajstić information content (AvgIpc) is 2.97. The lowest BCUT2D eigenvalue weighted by atomic mass is 10.1. The molecule has 1 aromatic carbocycles. The summed E-state index contributed by atoms with van der Waals surface area (Å²) < 4.78 is 5.02. The molecule has 0 spiro atoms. The fraction of sp³-hybridized carbons (Fsp3) is 0.250. The van der Waals surface area contributed by atoms with Crippen molar-refractivity contribution in [1.82, 2.24) is 10.3 Å². The number of anilines is 1.